The van der Waals surface area contributed by atoms with Crippen molar-refractivity contribution < 1.29 is 5.11 Å². The average molecular weight is 285 g/mol. The van der Waals surface area contributed by atoms with Crippen LogP contribution in [0.5, 0.6) is 0 Å². The number of hydrogen-bond acceptors (Lipinski definition) is 5. The van der Waals surface area contributed by atoms with E-state index in [9.17, 15) is 5.11 Å². The van der Waals surface area contributed by atoms with Crippen molar-refractivity contribution in [1.82, 2.24) is 15.0 Å². The zero-order valence-electron chi connectivity index (χ0n) is 9.22. The summed E-state index contributed by atoms with van der Waals surface area (Å²) < 4.78 is 0. The van der Waals surface area contributed by atoms with E-state index < -0.39 is 0 Å². The Morgan fingerprint density at radius 2 is 2.17 bits per heavy atom. The van der Waals surface area contributed by atoms with Gasteiger partial charge in [-0.3, -0.25) is 4.98 Å². The number of aliphatic hydroxyl groups is 1. The van der Waals surface area contributed by atoms with Gasteiger partial charge in [0.25, 0.3) is 0 Å². The number of nitrogens with zero attached hydrogens (tertiary/aromatic N) is 3. The van der Waals surface area contributed by atoms with Crippen molar-refractivity contribution in [1.29, 1.82) is 0 Å². The zero-order valence-corrected chi connectivity index (χ0v) is 10.7. The van der Waals surface area contributed by atoms with E-state index >= 15 is 0 Å². The Bertz CT molecular complexity index is 524. The molecule has 0 radical (unpaired) electrons. The molecule has 1 atom stereocenters. The predicted octanol–water partition coefficient (Wildman–Crippen LogP) is 2.32. The van der Waals surface area contributed by atoms with Gasteiger partial charge in [-0.25, -0.2) is 4.98 Å². The Morgan fingerprint density at radius 1 is 1.33 bits per heavy atom. The lowest BCUT2D eigenvalue weighted by molar-refractivity contribution is 0.276. The summed E-state index contributed by atoms with van der Waals surface area (Å²) in [6, 6.07) is 3.27. The van der Waals surface area contributed by atoms with Gasteiger partial charge in [-0.2, -0.15) is 4.98 Å². The summed E-state index contributed by atoms with van der Waals surface area (Å²) in [5, 5.41) is 12.8. The van der Waals surface area contributed by atoms with Crippen molar-refractivity contribution >= 4 is 29.0 Å². The van der Waals surface area contributed by atoms with Crippen LogP contribution in [0.15, 0.2) is 30.7 Å². The molecule has 5 nitrogen and oxygen atoms in total. The first kappa shape index (κ1) is 13.0. The fourth-order valence-corrected chi connectivity index (χ4v) is 1.71. The molecule has 1 unspecified atom stereocenters. The van der Waals surface area contributed by atoms with Crippen molar-refractivity contribution in [2.45, 2.75) is 6.04 Å². The molecule has 2 rings (SSSR count). The third kappa shape index (κ3) is 3.07. The Balaban J connectivity index is 2.23. The third-order valence-electron chi connectivity index (χ3n) is 2.30. The van der Waals surface area contributed by atoms with Gasteiger partial charge in [0, 0.05) is 12.4 Å². The van der Waals surface area contributed by atoms with Gasteiger partial charge in [0.2, 0.25) is 5.28 Å². The molecule has 0 aliphatic rings. The van der Waals surface area contributed by atoms with Crippen molar-refractivity contribution in [2.24, 2.45) is 0 Å². The summed E-state index contributed by atoms with van der Waals surface area (Å²) in [5.41, 5.74) is 0.825. The van der Waals surface area contributed by atoms with Crippen LogP contribution in [0.1, 0.15) is 11.6 Å². The number of aliphatic hydroxyl groups excluding tert-OH is 1. The number of aromatic nitrogens is 3. The number of hydrogen-bond donors (Lipinski definition) is 2. The maximum atomic E-state index is 9.39. The lowest BCUT2D eigenvalue weighted by atomic mass is 10.1. The van der Waals surface area contributed by atoms with Gasteiger partial charge in [0.1, 0.15) is 10.8 Å². The standard InChI is InChI=1S/C11H10Cl2N4O/c12-8-5-15-11(13)17-10(8)16-9(6-18)7-2-1-3-14-4-7/h1-5,9,18H,6H2,(H,15,16,17). The second kappa shape index (κ2) is 5.95. The van der Waals surface area contributed by atoms with Gasteiger partial charge in [-0.05, 0) is 23.2 Å². The molecule has 0 spiro atoms. The molecular weight excluding hydrogens is 275 g/mol. The molecule has 0 fully saturated rings. The van der Waals surface area contributed by atoms with Crippen LogP contribution in [0.2, 0.25) is 10.3 Å². The SMILES string of the molecule is OCC(Nc1nc(Cl)ncc1Cl)c1cccnc1. The molecule has 0 aliphatic heterocycles. The fraction of sp³-hybridized carbons (Fsp3) is 0.182. The minimum Gasteiger partial charge on any atom is -0.394 e. The van der Waals surface area contributed by atoms with Gasteiger partial charge < -0.3 is 10.4 Å². The Morgan fingerprint density at radius 3 is 2.83 bits per heavy atom. The van der Waals surface area contributed by atoms with E-state index in [2.05, 4.69) is 20.3 Å². The number of anilines is 1. The maximum Gasteiger partial charge on any atom is 0.224 e. The van der Waals surface area contributed by atoms with Crippen molar-refractivity contribution in [3.8, 4) is 0 Å². The summed E-state index contributed by atoms with van der Waals surface area (Å²) in [5.74, 6) is 0.375. The number of rotatable bonds is 4. The summed E-state index contributed by atoms with van der Waals surface area (Å²) in [7, 11) is 0. The van der Waals surface area contributed by atoms with Crippen LogP contribution in [-0.4, -0.2) is 26.7 Å². The predicted molar refractivity (Wildman–Crippen MR) is 69.7 cm³/mol. The van der Waals surface area contributed by atoms with Crippen LogP contribution < -0.4 is 5.32 Å². The van der Waals surface area contributed by atoms with Crippen molar-refractivity contribution in [3.63, 3.8) is 0 Å². The summed E-state index contributed by atoms with van der Waals surface area (Å²) >= 11 is 11.6. The minimum atomic E-state index is -0.359. The lowest BCUT2D eigenvalue weighted by Gasteiger charge is -2.17. The normalized spacial score (nSPS) is 12.2. The highest BCUT2D eigenvalue weighted by Gasteiger charge is 2.13. The molecule has 18 heavy (non-hydrogen) atoms. The monoisotopic (exact) mass is 284 g/mol. The second-order valence-electron chi connectivity index (χ2n) is 3.50. The minimum absolute atomic E-state index is 0.0878. The molecule has 2 N–H and O–H groups in total. The van der Waals surface area contributed by atoms with Crippen molar-refractivity contribution in [2.75, 3.05) is 11.9 Å². The van der Waals surface area contributed by atoms with E-state index in [1.807, 2.05) is 6.07 Å². The molecule has 0 saturated carbocycles. The quantitative estimate of drug-likeness (QED) is 0.844. The van der Waals surface area contributed by atoms with Gasteiger partial charge in [-0.1, -0.05) is 17.7 Å². The Kier molecular flexibility index (Phi) is 4.30. The molecule has 0 aromatic carbocycles. The van der Waals surface area contributed by atoms with Crippen LogP contribution in [0.3, 0.4) is 0 Å². The Labute approximate surface area is 114 Å². The summed E-state index contributed by atoms with van der Waals surface area (Å²) in [4.78, 5) is 11.7. The van der Waals surface area contributed by atoms with E-state index in [1.165, 1.54) is 6.20 Å². The molecule has 2 heterocycles. The van der Waals surface area contributed by atoms with Crippen LogP contribution in [0, 0.1) is 0 Å². The van der Waals surface area contributed by atoms with E-state index in [0.717, 1.165) is 5.56 Å². The molecule has 0 amide bonds. The fourth-order valence-electron chi connectivity index (χ4n) is 1.43. The molecular formula is C11H10Cl2N4O. The topological polar surface area (TPSA) is 70.9 Å². The number of nitrogens with one attached hydrogen (secondary N) is 1. The molecule has 2 aromatic rings. The largest absolute Gasteiger partial charge is 0.394 e. The van der Waals surface area contributed by atoms with Gasteiger partial charge in [0.05, 0.1) is 18.8 Å². The Hall–Kier alpha value is -1.43. The molecule has 0 bridgehead atoms. The number of pyridine rings is 1. The molecule has 94 valence electrons. The number of halogens is 2. The van der Waals surface area contributed by atoms with Crippen LogP contribution in [0.25, 0.3) is 0 Å². The highest BCUT2D eigenvalue weighted by Crippen LogP contribution is 2.24. The third-order valence-corrected chi connectivity index (χ3v) is 2.75. The first-order valence-corrected chi connectivity index (χ1v) is 5.91. The smallest absolute Gasteiger partial charge is 0.224 e. The first-order valence-electron chi connectivity index (χ1n) is 5.16. The average Bonchev–Trinajstić information content (AvgIpc) is 2.41. The molecule has 0 aliphatic carbocycles. The van der Waals surface area contributed by atoms with E-state index in [4.69, 9.17) is 23.2 Å². The highest BCUT2D eigenvalue weighted by atomic mass is 35.5. The highest BCUT2D eigenvalue weighted by molar-refractivity contribution is 6.33. The molecule has 2 aromatic heterocycles. The van der Waals surface area contributed by atoms with Gasteiger partial charge in [-0.15, -0.1) is 0 Å². The summed E-state index contributed by atoms with van der Waals surface area (Å²) in [6.45, 7) is -0.121. The van der Waals surface area contributed by atoms with Crippen LogP contribution >= 0.6 is 23.2 Å². The second-order valence-corrected chi connectivity index (χ2v) is 4.25. The van der Waals surface area contributed by atoms with Crippen LogP contribution in [-0.2, 0) is 0 Å². The summed E-state index contributed by atoms with van der Waals surface area (Å²) in [6.07, 6.45) is 4.72. The lowest BCUT2D eigenvalue weighted by Crippen LogP contribution is -2.16. The van der Waals surface area contributed by atoms with Gasteiger partial charge in [0.15, 0.2) is 0 Å². The van der Waals surface area contributed by atoms with E-state index in [1.54, 1.807) is 18.5 Å². The first-order chi connectivity index (χ1) is 8.70. The van der Waals surface area contributed by atoms with E-state index in [0.29, 0.717) is 10.8 Å². The zero-order chi connectivity index (χ0) is 13.0. The van der Waals surface area contributed by atoms with Crippen molar-refractivity contribution in [3.05, 3.63) is 46.6 Å². The van der Waals surface area contributed by atoms with Crippen LogP contribution in [0.4, 0.5) is 5.82 Å². The molecule has 0 saturated heterocycles. The van der Waals surface area contributed by atoms with E-state index in [-0.39, 0.29) is 17.9 Å². The van der Waals surface area contributed by atoms with Gasteiger partial charge >= 0.3 is 0 Å². The maximum absolute atomic E-state index is 9.39. The molecule has 7 heteroatoms.